The molecule has 1 heterocycles. The molecule has 1 N–H and O–H groups in total. The second-order valence-electron chi connectivity index (χ2n) is 5.51. The Bertz CT molecular complexity index is 943. The lowest BCUT2D eigenvalue weighted by Gasteiger charge is -2.08. The molecule has 3 aromatic carbocycles. The number of nitrogens with zero attached hydrogens (tertiary/aromatic N) is 1. The van der Waals surface area contributed by atoms with Gasteiger partial charge < -0.3 is 5.32 Å². The van der Waals surface area contributed by atoms with Crippen LogP contribution in [0.4, 0.5) is 5.69 Å². The van der Waals surface area contributed by atoms with Crippen LogP contribution in [0.3, 0.4) is 0 Å². The number of hydrogen-bond acceptors (Lipinski definition) is 3. The molecule has 0 fully saturated rings. The third-order valence-corrected chi connectivity index (χ3v) is 5.32. The molecule has 0 aliphatic rings. The fraction of sp³-hybridized carbons (Fsp3) is 0.0500. The van der Waals surface area contributed by atoms with Gasteiger partial charge >= 0.3 is 0 Å². The number of anilines is 1. The van der Waals surface area contributed by atoms with Gasteiger partial charge in [0.2, 0.25) is 0 Å². The summed E-state index contributed by atoms with van der Waals surface area (Å²) in [6.45, 7) is 0.708. The zero-order valence-corrected chi connectivity index (χ0v) is 14.4. The van der Waals surface area contributed by atoms with Crippen LogP contribution in [0.25, 0.3) is 20.8 Å². The molecule has 0 saturated carbocycles. The van der Waals surface area contributed by atoms with E-state index in [0.29, 0.717) is 6.54 Å². The van der Waals surface area contributed by atoms with Crippen molar-refractivity contribution in [2.45, 2.75) is 6.54 Å². The summed E-state index contributed by atoms with van der Waals surface area (Å²) >= 11 is 7.91. The number of para-hydroxylation sites is 1. The molecule has 4 rings (SSSR count). The monoisotopic (exact) mass is 350 g/mol. The summed E-state index contributed by atoms with van der Waals surface area (Å²) in [7, 11) is 0. The summed E-state index contributed by atoms with van der Waals surface area (Å²) in [5.74, 6) is 0. The molecule has 24 heavy (non-hydrogen) atoms. The van der Waals surface area contributed by atoms with Crippen LogP contribution in [0.2, 0.25) is 5.02 Å². The summed E-state index contributed by atoms with van der Waals surface area (Å²) in [4.78, 5) is 4.70. The molecule has 0 aliphatic carbocycles. The molecule has 1 aromatic heterocycles. The van der Waals surface area contributed by atoms with Crippen LogP contribution >= 0.6 is 22.9 Å². The van der Waals surface area contributed by atoms with Crippen LogP contribution in [0.1, 0.15) is 5.56 Å². The van der Waals surface area contributed by atoms with Crippen LogP contribution in [0.5, 0.6) is 0 Å². The number of halogens is 1. The Balaban J connectivity index is 1.51. The van der Waals surface area contributed by atoms with Crippen molar-refractivity contribution in [3.63, 3.8) is 0 Å². The summed E-state index contributed by atoms with van der Waals surface area (Å²) < 4.78 is 1.22. The topological polar surface area (TPSA) is 24.9 Å². The Labute approximate surface area is 149 Å². The fourth-order valence-electron chi connectivity index (χ4n) is 2.57. The van der Waals surface area contributed by atoms with Crippen molar-refractivity contribution < 1.29 is 0 Å². The molecular formula is C20H15ClN2S. The minimum atomic E-state index is 0.708. The van der Waals surface area contributed by atoms with E-state index in [1.54, 1.807) is 11.3 Å². The molecule has 2 nitrogen and oxygen atoms in total. The zero-order chi connectivity index (χ0) is 16.4. The first-order valence-electron chi connectivity index (χ1n) is 7.73. The minimum absolute atomic E-state index is 0.708. The maximum Gasteiger partial charge on any atom is 0.124 e. The van der Waals surface area contributed by atoms with Gasteiger partial charge in [0.25, 0.3) is 0 Å². The molecule has 0 aliphatic heterocycles. The molecule has 0 bridgehead atoms. The van der Waals surface area contributed by atoms with Crippen molar-refractivity contribution in [2.75, 3.05) is 5.32 Å². The third kappa shape index (κ3) is 3.14. The maximum atomic E-state index is 6.19. The highest BCUT2D eigenvalue weighted by atomic mass is 35.5. The lowest BCUT2D eigenvalue weighted by Crippen LogP contribution is -1.99. The van der Waals surface area contributed by atoms with E-state index in [4.69, 9.17) is 16.6 Å². The standard InChI is InChI=1S/C20H15ClN2S/c21-17-6-2-1-5-15(17)13-22-16-11-9-14(10-12-16)20-23-18-7-3-4-8-19(18)24-20/h1-12,22H,13H2. The van der Waals surface area contributed by atoms with Gasteiger partial charge in [0.05, 0.1) is 10.2 Å². The Kier molecular flexibility index (Phi) is 4.20. The number of benzene rings is 3. The number of hydrogen-bond donors (Lipinski definition) is 1. The highest BCUT2D eigenvalue weighted by Crippen LogP contribution is 2.30. The van der Waals surface area contributed by atoms with E-state index in [0.717, 1.165) is 32.4 Å². The van der Waals surface area contributed by atoms with Gasteiger partial charge in [0.15, 0.2) is 0 Å². The first-order valence-corrected chi connectivity index (χ1v) is 8.92. The van der Waals surface area contributed by atoms with Crippen LogP contribution in [-0.4, -0.2) is 4.98 Å². The van der Waals surface area contributed by atoms with Crippen molar-refractivity contribution in [3.05, 3.63) is 83.4 Å². The lowest BCUT2D eigenvalue weighted by atomic mass is 10.2. The lowest BCUT2D eigenvalue weighted by molar-refractivity contribution is 1.15. The number of fused-ring (bicyclic) bond motifs is 1. The smallest absolute Gasteiger partial charge is 0.124 e. The highest BCUT2D eigenvalue weighted by Gasteiger charge is 2.06. The van der Waals surface area contributed by atoms with Gasteiger partial charge in [-0.2, -0.15) is 0 Å². The number of thiazole rings is 1. The molecule has 4 heteroatoms. The van der Waals surface area contributed by atoms with Gasteiger partial charge in [-0.05, 0) is 48.0 Å². The Morgan fingerprint density at radius 1 is 0.875 bits per heavy atom. The molecule has 0 atom stereocenters. The van der Waals surface area contributed by atoms with Crippen molar-refractivity contribution in [2.24, 2.45) is 0 Å². The van der Waals surface area contributed by atoms with E-state index in [-0.39, 0.29) is 0 Å². The first kappa shape index (κ1) is 15.2. The van der Waals surface area contributed by atoms with Gasteiger partial charge in [-0.15, -0.1) is 11.3 Å². The molecule has 0 spiro atoms. The highest BCUT2D eigenvalue weighted by molar-refractivity contribution is 7.21. The quantitative estimate of drug-likeness (QED) is 0.472. The summed E-state index contributed by atoms with van der Waals surface area (Å²) in [6.07, 6.45) is 0. The van der Waals surface area contributed by atoms with Gasteiger partial charge in [0.1, 0.15) is 5.01 Å². The molecule has 0 amide bonds. The molecule has 0 radical (unpaired) electrons. The normalized spacial score (nSPS) is 10.9. The average molecular weight is 351 g/mol. The van der Waals surface area contributed by atoms with Gasteiger partial charge in [0, 0.05) is 22.8 Å². The SMILES string of the molecule is Clc1ccccc1CNc1ccc(-c2nc3ccccc3s2)cc1. The predicted molar refractivity (Wildman–Crippen MR) is 104 cm³/mol. The van der Waals surface area contributed by atoms with E-state index < -0.39 is 0 Å². The summed E-state index contributed by atoms with van der Waals surface area (Å²) in [6, 6.07) is 24.5. The van der Waals surface area contributed by atoms with E-state index in [1.165, 1.54) is 4.70 Å². The van der Waals surface area contributed by atoms with Crippen LogP contribution < -0.4 is 5.32 Å². The molecule has 118 valence electrons. The second-order valence-corrected chi connectivity index (χ2v) is 6.95. The Morgan fingerprint density at radius 3 is 2.42 bits per heavy atom. The first-order chi connectivity index (χ1) is 11.8. The Hall–Kier alpha value is -2.36. The van der Waals surface area contributed by atoms with Crippen molar-refractivity contribution >= 4 is 38.8 Å². The largest absolute Gasteiger partial charge is 0.381 e. The van der Waals surface area contributed by atoms with Gasteiger partial charge in [-0.3, -0.25) is 0 Å². The zero-order valence-electron chi connectivity index (χ0n) is 12.9. The number of nitrogens with one attached hydrogen (secondary N) is 1. The fourth-order valence-corrected chi connectivity index (χ4v) is 3.74. The van der Waals surface area contributed by atoms with E-state index in [1.807, 2.05) is 36.4 Å². The maximum absolute atomic E-state index is 6.19. The van der Waals surface area contributed by atoms with Gasteiger partial charge in [-0.25, -0.2) is 4.98 Å². The minimum Gasteiger partial charge on any atom is -0.381 e. The molecule has 0 unspecified atom stereocenters. The molecule has 0 saturated heterocycles. The average Bonchev–Trinajstić information content (AvgIpc) is 3.06. The van der Waals surface area contributed by atoms with E-state index in [2.05, 4.69) is 41.7 Å². The number of aromatic nitrogens is 1. The van der Waals surface area contributed by atoms with Crippen LogP contribution in [0.15, 0.2) is 72.8 Å². The molecular weight excluding hydrogens is 336 g/mol. The third-order valence-electron chi connectivity index (χ3n) is 3.87. The van der Waals surface area contributed by atoms with Crippen molar-refractivity contribution in [3.8, 4) is 10.6 Å². The molecule has 4 aromatic rings. The van der Waals surface area contributed by atoms with Crippen molar-refractivity contribution in [1.29, 1.82) is 0 Å². The van der Waals surface area contributed by atoms with E-state index >= 15 is 0 Å². The Morgan fingerprint density at radius 2 is 1.62 bits per heavy atom. The van der Waals surface area contributed by atoms with E-state index in [9.17, 15) is 0 Å². The van der Waals surface area contributed by atoms with Crippen LogP contribution in [0, 0.1) is 0 Å². The van der Waals surface area contributed by atoms with Crippen LogP contribution in [-0.2, 0) is 6.54 Å². The van der Waals surface area contributed by atoms with Crippen molar-refractivity contribution in [1.82, 2.24) is 4.98 Å². The number of rotatable bonds is 4. The predicted octanol–water partition coefficient (Wildman–Crippen LogP) is 6.23. The van der Waals surface area contributed by atoms with Gasteiger partial charge in [-0.1, -0.05) is 41.9 Å². The summed E-state index contributed by atoms with van der Waals surface area (Å²) in [5.41, 5.74) is 4.35. The second kappa shape index (κ2) is 6.63. The summed E-state index contributed by atoms with van der Waals surface area (Å²) in [5, 5.41) is 5.24.